The van der Waals surface area contributed by atoms with Crippen LogP contribution in [-0.2, 0) is 4.79 Å². The normalized spacial score (nSPS) is 14.8. The number of nitrogens with zero attached hydrogens (tertiary/aromatic N) is 1. The maximum absolute atomic E-state index is 12.7. The lowest BCUT2D eigenvalue weighted by atomic mass is 10.0. The van der Waals surface area contributed by atoms with Crippen LogP contribution in [0, 0.1) is 18.8 Å². The molecule has 0 spiro atoms. The minimum absolute atomic E-state index is 0.0326. The summed E-state index contributed by atoms with van der Waals surface area (Å²) >= 11 is 0. The second kappa shape index (κ2) is 6.91. The van der Waals surface area contributed by atoms with Gasteiger partial charge in [0.15, 0.2) is 0 Å². The van der Waals surface area contributed by atoms with Crippen molar-refractivity contribution in [3.05, 3.63) is 34.9 Å². The highest BCUT2D eigenvalue weighted by Gasteiger charge is 2.21. The molecule has 1 aromatic rings. The van der Waals surface area contributed by atoms with Crippen molar-refractivity contribution in [3.8, 4) is 11.8 Å². The summed E-state index contributed by atoms with van der Waals surface area (Å²) in [4.78, 5) is 25.7. The lowest BCUT2D eigenvalue weighted by Crippen LogP contribution is -2.34. The van der Waals surface area contributed by atoms with Crippen LogP contribution in [0.15, 0.2) is 18.2 Å². The van der Waals surface area contributed by atoms with Crippen molar-refractivity contribution < 1.29 is 14.7 Å². The Labute approximate surface area is 124 Å². The second-order valence-corrected chi connectivity index (χ2v) is 4.90. The fourth-order valence-electron chi connectivity index (χ4n) is 2.22. The van der Waals surface area contributed by atoms with Crippen LogP contribution in [0.4, 0.5) is 0 Å². The Morgan fingerprint density at radius 2 is 2.24 bits per heavy atom. The van der Waals surface area contributed by atoms with Crippen molar-refractivity contribution in [3.63, 3.8) is 0 Å². The van der Waals surface area contributed by atoms with Crippen molar-refractivity contribution >= 4 is 11.8 Å². The fraction of sp³-hybridized carbons (Fsp3) is 0.375. The van der Waals surface area contributed by atoms with Gasteiger partial charge in [0.1, 0.15) is 6.61 Å². The van der Waals surface area contributed by atoms with Crippen LogP contribution in [-0.4, -0.2) is 48.1 Å². The van der Waals surface area contributed by atoms with Crippen LogP contribution in [0.25, 0.3) is 0 Å². The van der Waals surface area contributed by atoms with E-state index in [1.165, 1.54) is 0 Å². The third-order valence-electron chi connectivity index (χ3n) is 3.31. The zero-order valence-corrected chi connectivity index (χ0v) is 12.0. The van der Waals surface area contributed by atoms with Gasteiger partial charge in [0.2, 0.25) is 5.91 Å². The van der Waals surface area contributed by atoms with Crippen LogP contribution in [0.2, 0.25) is 0 Å². The molecule has 1 aliphatic heterocycles. The SMILES string of the molecule is Cc1ccc(C#CCO)c(C(=O)N2CCNC(=O)CC2)c1. The Morgan fingerprint density at radius 3 is 3.00 bits per heavy atom. The molecule has 21 heavy (non-hydrogen) atoms. The number of nitrogens with one attached hydrogen (secondary N) is 1. The highest BCUT2D eigenvalue weighted by atomic mass is 16.2. The van der Waals surface area contributed by atoms with E-state index in [9.17, 15) is 9.59 Å². The maximum atomic E-state index is 12.7. The predicted octanol–water partition coefficient (Wildman–Crippen LogP) is 0.301. The molecule has 2 rings (SSSR count). The molecule has 0 aromatic heterocycles. The van der Waals surface area contributed by atoms with Crippen LogP contribution in [0.1, 0.15) is 27.9 Å². The lowest BCUT2D eigenvalue weighted by Gasteiger charge is -2.20. The fourth-order valence-corrected chi connectivity index (χ4v) is 2.22. The first-order valence-corrected chi connectivity index (χ1v) is 6.88. The van der Waals surface area contributed by atoms with E-state index in [2.05, 4.69) is 17.2 Å². The molecule has 0 radical (unpaired) electrons. The van der Waals surface area contributed by atoms with Gasteiger partial charge in [-0.3, -0.25) is 9.59 Å². The molecule has 5 heteroatoms. The molecule has 1 heterocycles. The highest BCUT2D eigenvalue weighted by molar-refractivity contribution is 5.97. The van der Waals surface area contributed by atoms with Crippen molar-refractivity contribution in [1.82, 2.24) is 10.2 Å². The van der Waals surface area contributed by atoms with Gasteiger partial charge in [-0.1, -0.05) is 23.5 Å². The number of carbonyl (C=O) groups is 2. The monoisotopic (exact) mass is 286 g/mol. The Morgan fingerprint density at radius 1 is 1.43 bits per heavy atom. The molecule has 1 saturated heterocycles. The molecule has 0 unspecified atom stereocenters. The number of aliphatic hydroxyl groups is 1. The zero-order valence-electron chi connectivity index (χ0n) is 12.0. The number of rotatable bonds is 1. The lowest BCUT2D eigenvalue weighted by molar-refractivity contribution is -0.120. The maximum Gasteiger partial charge on any atom is 0.255 e. The molecule has 5 nitrogen and oxygen atoms in total. The molecule has 110 valence electrons. The van der Waals surface area contributed by atoms with E-state index in [1.807, 2.05) is 13.0 Å². The van der Waals surface area contributed by atoms with Gasteiger partial charge in [-0.2, -0.15) is 0 Å². The van der Waals surface area contributed by atoms with E-state index in [1.54, 1.807) is 17.0 Å². The van der Waals surface area contributed by atoms with E-state index in [0.717, 1.165) is 5.56 Å². The molecule has 1 aliphatic rings. The number of benzene rings is 1. The largest absolute Gasteiger partial charge is 0.384 e. The standard InChI is InChI=1S/C16H18N2O3/c1-12-4-5-13(3-2-10-19)14(11-12)16(21)18-8-6-15(20)17-7-9-18/h4-5,11,19H,6-10H2,1H3,(H,17,20). The number of hydrogen-bond acceptors (Lipinski definition) is 3. The molecular weight excluding hydrogens is 268 g/mol. The summed E-state index contributed by atoms with van der Waals surface area (Å²) < 4.78 is 0. The van der Waals surface area contributed by atoms with Crippen molar-refractivity contribution in [2.45, 2.75) is 13.3 Å². The summed E-state index contributed by atoms with van der Waals surface area (Å²) in [6.07, 6.45) is 0.315. The second-order valence-electron chi connectivity index (χ2n) is 4.90. The minimum Gasteiger partial charge on any atom is -0.384 e. The van der Waals surface area contributed by atoms with E-state index in [0.29, 0.717) is 37.2 Å². The van der Waals surface area contributed by atoms with E-state index >= 15 is 0 Å². The van der Waals surface area contributed by atoms with Gasteiger partial charge in [0, 0.05) is 31.6 Å². The summed E-state index contributed by atoms with van der Waals surface area (Å²) in [5.41, 5.74) is 2.09. The van der Waals surface area contributed by atoms with E-state index < -0.39 is 0 Å². The first-order chi connectivity index (χ1) is 10.1. The van der Waals surface area contributed by atoms with Gasteiger partial charge in [-0.15, -0.1) is 0 Å². The molecular formula is C16H18N2O3. The van der Waals surface area contributed by atoms with Crippen LogP contribution in [0.5, 0.6) is 0 Å². The topological polar surface area (TPSA) is 69.6 Å². The summed E-state index contributed by atoms with van der Waals surface area (Å²) in [6, 6.07) is 5.46. The van der Waals surface area contributed by atoms with Crippen molar-refractivity contribution in [2.24, 2.45) is 0 Å². The van der Waals surface area contributed by atoms with E-state index in [-0.39, 0.29) is 18.4 Å². The quantitative estimate of drug-likeness (QED) is 0.730. The summed E-state index contributed by atoms with van der Waals surface area (Å²) in [7, 11) is 0. The van der Waals surface area contributed by atoms with Crippen LogP contribution in [0.3, 0.4) is 0 Å². The molecule has 0 bridgehead atoms. The highest BCUT2D eigenvalue weighted by Crippen LogP contribution is 2.14. The van der Waals surface area contributed by atoms with Gasteiger partial charge in [-0.05, 0) is 19.1 Å². The molecule has 0 saturated carbocycles. The third-order valence-corrected chi connectivity index (χ3v) is 3.31. The summed E-state index contributed by atoms with van der Waals surface area (Å²) in [6.45, 7) is 3.03. The van der Waals surface area contributed by atoms with Crippen molar-refractivity contribution in [1.29, 1.82) is 0 Å². The van der Waals surface area contributed by atoms with Gasteiger partial charge < -0.3 is 15.3 Å². The van der Waals surface area contributed by atoms with Gasteiger partial charge in [-0.25, -0.2) is 0 Å². The Balaban J connectivity index is 2.29. The molecule has 0 aliphatic carbocycles. The predicted molar refractivity (Wildman–Crippen MR) is 78.7 cm³/mol. The minimum atomic E-state index is -0.246. The number of carbonyl (C=O) groups excluding carboxylic acids is 2. The Kier molecular flexibility index (Phi) is 4.96. The number of hydrogen-bond donors (Lipinski definition) is 2. The number of amides is 2. The summed E-state index contributed by atoms with van der Waals surface area (Å²) in [5, 5.41) is 11.6. The molecule has 1 aromatic carbocycles. The van der Waals surface area contributed by atoms with Gasteiger partial charge in [0.25, 0.3) is 5.91 Å². The number of aryl methyl sites for hydroxylation is 1. The zero-order chi connectivity index (χ0) is 15.2. The van der Waals surface area contributed by atoms with Crippen LogP contribution >= 0.6 is 0 Å². The smallest absolute Gasteiger partial charge is 0.255 e. The Hall–Kier alpha value is -2.32. The molecule has 1 fully saturated rings. The Bertz CT molecular complexity index is 614. The summed E-state index contributed by atoms with van der Waals surface area (Å²) in [5.74, 6) is 5.21. The third kappa shape index (κ3) is 3.83. The number of aliphatic hydroxyl groups excluding tert-OH is 1. The average molecular weight is 286 g/mol. The van der Waals surface area contributed by atoms with E-state index in [4.69, 9.17) is 5.11 Å². The molecule has 2 N–H and O–H groups in total. The first-order valence-electron chi connectivity index (χ1n) is 6.88. The van der Waals surface area contributed by atoms with Gasteiger partial charge in [0.05, 0.1) is 5.56 Å². The first kappa shape index (κ1) is 15.1. The van der Waals surface area contributed by atoms with Gasteiger partial charge >= 0.3 is 0 Å². The molecule has 2 amide bonds. The van der Waals surface area contributed by atoms with Crippen molar-refractivity contribution in [2.75, 3.05) is 26.2 Å². The van der Waals surface area contributed by atoms with Crippen LogP contribution < -0.4 is 5.32 Å². The molecule has 0 atom stereocenters. The average Bonchev–Trinajstić information content (AvgIpc) is 2.70.